The van der Waals surface area contributed by atoms with Crippen LogP contribution in [0.25, 0.3) is 21.9 Å². The summed E-state index contributed by atoms with van der Waals surface area (Å²) in [6.07, 6.45) is 7.74. The van der Waals surface area contributed by atoms with E-state index in [1.165, 1.54) is 25.0 Å². The summed E-state index contributed by atoms with van der Waals surface area (Å²) in [6.45, 7) is 0.984. The number of nitrogens with zero attached hydrogens (tertiary/aromatic N) is 3. The van der Waals surface area contributed by atoms with E-state index in [4.69, 9.17) is 5.73 Å². The number of nitrogens with two attached hydrogens (primary N) is 1. The molecule has 2 aromatic heterocycles. The van der Waals surface area contributed by atoms with Crippen molar-refractivity contribution < 1.29 is 0 Å². The first-order valence-electron chi connectivity index (χ1n) is 7.29. The number of nitrogen functional groups attached to an aromatic ring is 1. The van der Waals surface area contributed by atoms with Crippen LogP contribution in [0.2, 0.25) is 0 Å². The predicted molar refractivity (Wildman–Crippen MR) is 91.7 cm³/mol. The Labute approximate surface area is 128 Å². The lowest BCUT2D eigenvalue weighted by Crippen LogP contribution is -1.99. The minimum Gasteiger partial charge on any atom is -0.382 e. The summed E-state index contributed by atoms with van der Waals surface area (Å²) in [5, 5.41) is 1.13. The van der Waals surface area contributed by atoms with Crippen LogP contribution in [0.15, 0.2) is 30.6 Å². The molecule has 0 radical (unpaired) electrons. The fraction of sp³-hybridized carbons (Fsp3) is 0.375. The van der Waals surface area contributed by atoms with Gasteiger partial charge in [-0.15, -0.1) is 0 Å². The predicted octanol–water partition coefficient (Wildman–Crippen LogP) is 3.70. The van der Waals surface area contributed by atoms with Crippen molar-refractivity contribution in [2.45, 2.75) is 25.8 Å². The van der Waals surface area contributed by atoms with Crippen molar-refractivity contribution in [2.24, 2.45) is 0 Å². The number of fused-ring (bicyclic) bond motifs is 3. The van der Waals surface area contributed by atoms with Crippen molar-refractivity contribution >= 4 is 39.5 Å². The van der Waals surface area contributed by atoms with Crippen molar-refractivity contribution in [1.82, 2.24) is 14.5 Å². The van der Waals surface area contributed by atoms with Gasteiger partial charge in [0, 0.05) is 11.9 Å². The average Bonchev–Trinajstić information content (AvgIpc) is 2.92. The van der Waals surface area contributed by atoms with Gasteiger partial charge in [-0.3, -0.25) is 0 Å². The smallest absolute Gasteiger partial charge is 0.152 e. The number of imidazole rings is 1. The number of aromatic nitrogens is 3. The molecule has 0 saturated carbocycles. The number of anilines is 1. The molecule has 0 saturated heterocycles. The molecular weight excluding hydrogens is 280 g/mol. The van der Waals surface area contributed by atoms with Crippen LogP contribution in [0.3, 0.4) is 0 Å². The first-order valence-corrected chi connectivity index (χ1v) is 8.68. The van der Waals surface area contributed by atoms with Gasteiger partial charge in [-0.2, -0.15) is 11.8 Å². The molecule has 21 heavy (non-hydrogen) atoms. The Hall–Kier alpha value is -1.75. The van der Waals surface area contributed by atoms with E-state index in [9.17, 15) is 0 Å². The molecular formula is C16H20N4S. The lowest BCUT2D eigenvalue weighted by Gasteiger charge is -2.07. The summed E-state index contributed by atoms with van der Waals surface area (Å²) >= 11 is 1.91. The number of hydrogen-bond donors (Lipinski definition) is 1. The molecule has 0 aliphatic heterocycles. The molecule has 1 aromatic carbocycles. The highest BCUT2D eigenvalue weighted by atomic mass is 32.2. The maximum atomic E-state index is 6.04. The lowest BCUT2D eigenvalue weighted by atomic mass is 10.2. The number of thioether (sulfide) groups is 1. The van der Waals surface area contributed by atoms with Gasteiger partial charge in [0.05, 0.1) is 17.4 Å². The van der Waals surface area contributed by atoms with E-state index in [1.807, 2.05) is 36.3 Å². The van der Waals surface area contributed by atoms with E-state index in [2.05, 4.69) is 26.9 Å². The van der Waals surface area contributed by atoms with Crippen LogP contribution in [-0.4, -0.2) is 26.5 Å². The molecule has 0 atom stereocenters. The number of unbranched alkanes of at least 4 members (excludes halogenated alkanes) is 2. The van der Waals surface area contributed by atoms with Gasteiger partial charge < -0.3 is 10.3 Å². The minimum absolute atomic E-state index is 0.518. The summed E-state index contributed by atoms with van der Waals surface area (Å²) in [5.41, 5.74) is 8.91. The Morgan fingerprint density at radius 1 is 1.19 bits per heavy atom. The minimum atomic E-state index is 0.518. The number of rotatable bonds is 6. The van der Waals surface area contributed by atoms with Gasteiger partial charge in [0.25, 0.3) is 0 Å². The number of hydrogen-bond acceptors (Lipinski definition) is 4. The molecule has 0 spiro atoms. The third kappa shape index (κ3) is 2.83. The zero-order valence-electron chi connectivity index (χ0n) is 12.2. The number of aryl methyl sites for hydroxylation is 1. The highest BCUT2D eigenvalue weighted by Crippen LogP contribution is 2.27. The van der Waals surface area contributed by atoms with E-state index in [0.717, 1.165) is 28.5 Å². The Morgan fingerprint density at radius 3 is 2.90 bits per heavy atom. The molecule has 3 aromatic rings. The maximum Gasteiger partial charge on any atom is 0.152 e. The Bertz CT molecular complexity index is 750. The van der Waals surface area contributed by atoms with Crippen LogP contribution in [0, 0.1) is 0 Å². The normalized spacial score (nSPS) is 11.5. The SMILES string of the molecule is CSCCCCCn1cnc2c(N)nc3ccccc3c21. The van der Waals surface area contributed by atoms with Crippen molar-refractivity contribution in [3.05, 3.63) is 30.6 Å². The molecule has 3 rings (SSSR count). The van der Waals surface area contributed by atoms with E-state index in [-0.39, 0.29) is 0 Å². The molecule has 0 amide bonds. The summed E-state index contributed by atoms with van der Waals surface area (Å²) in [4.78, 5) is 8.89. The summed E-state index contributed by atoms with van der Waals surface area (Å²) in [5.74, 6) is 1.76. The number of benzene rings is 1. The Balaban J connectivity index is 1.92. The second-order valence-corrected chi connectivity index (χ2v) is 6.19. The standard InChI is InChI=1S/C16H20N4S/c1-21-10-6-2-5-9-20-11-18-14-15(20)12-7-3-4-8-13(12)19-16(14)17/h3-4,7-8,11H,2,5-6,9-10H2,1H3,(H2,17,19). The molecule has 0 bridgehead atoms. The van der Waals surface area contributed by atoms with Crippen LogP contribution in [0.5, 0.6) is 0 Å². The van der Waals surface area contributed by atoms with Crippen molar-refractivity contribution in [1.29, 1.82) is 0 Å². The van der Waals surface area contributed by atoms with Gasteiger partial charge in [0.2, 0.25) is 0 Å². The van der Waals surface area contributed by atoms with E-state index in [0.29, 0.717) is 5.82 Å². The fourth-order valence-electron chi connectivity index (χ4n) is 2.68. The molecule has 0 aliphatic carbocycles. The van der Waals surface area contributed by atoms with E-state index >= 15 is 0 Å². The Kier molecular flexibility index (Phi) is 4.29. The topological polar surface area (TPSA) is 56.7 Å². The van der Waals surface area contributed by atoms with Crippen molar-refractivity contribution in [2.75, 3.05) is 17.7 Å². The van der Waals surface area contributed by atoms with Crippen LogP contribution in [0.1, 0.15) is 19.3 Å². The highest BCUT2D eigenvalue weighted by Gasteiger charge is 2.11. The average molecular weight is 300 g/mol. The van der Waals surface area contributed by atoms with Crippen molar-refractivity contribution in [3.63, 3.8) is 0 Å². The number of para-hydroxylation sites is 1. The third-order valence-corrected chi connectivity index (χ3v) is 4.42. The van der Waals surface area contributed by atoms with Crippen LogP contribution < -0.4 is 5.73 Å². The summed E-state index contributed by atoms with van der Waals surface area (Å²) < 4.78 is 2.22. The molecule has 2 heterocycles. The van der Waals surface area contributed by atoms with Gasteiger partial charge in [-0.05, 0) is 30.9 Å². The summed E-state index contributed by atoms with van der Waals surface area (Å²) in [7, 11) is 0. The molecule has 110 valence electrons. The summed E-state index contributed by atoms with van der Waals surface area (Å²) in [6, 6.07) is 8.12. The van der Waals surface area contributed by atoms with Gasteiger partial charge in [0.15, 0.2) is 5.82 Å². The third-order valence-electron chi connectivity index (χ3n) is 3.73. The zero-order valence-corrected chi connectivity index (χ0v) is 13.1. The van der Waals surface area contributed by atoms with Gasteiger partial charge in [-0.1, -0.05) is 24.6 Å². The molecule has 4 nitrogen and oxygen atoms in total. The van der Waals surface area contributed by atoms with Gasteiger partial charge >= 0.3 is 0 Å². The largest absolute Gasteiger partial charge is 0.382 e. The molecule has 2 N–H and O–H groups in total. The second-order valence-electron chi connectivity index (χ2n) is 5.20. The van der Waals surface area contributed by atoms with Crippen molar-refractivity contribution in [3.8, 4) is 0 Å². The first kappa shape index (κ1) is 14.2. The second kappa shape index (κ2) is 6.35. The van der Waals surface area contributed by atoms with Crippen LogP contribution in [-0.2, 0) is 6.54 Å². The van der Waals surface area contributed by atoms with E-state index < -0.39 is 0 Å². The molecule has 0 unspecified atom stereocenters. The van der Waals surface area contributed by atoms with Gasteiger partial charge in [0.1, 0.15) is 5.52 Å². The quantitative estimate of drug-likeness (QED) is 0.705. The Morgan fingerprint density at radius 2 is 2.05 bits per heavy atom. The van der Waals surface area contributed by atoms with E-state index in [1.54, 1.807) is 0 Å². The number of pyridine rings is 1. The molecule has 5 heteroatoms. The highest BCUT2D eigenvalue weighted by molar-refractivity contribution is 7.98. The fourth-order valence-corrected chi connectivity index (χ4v) is 3.17. The van der Waals surface area contributed by atoms with Crippen LogP contribution >= 0.6 is 11.8 Å². The van der Waals surface area contributed by atoms with Crippen LogP contribution in [0.4, 0.5) is 5.82 Å². The first-order chi connectivity index (χ1) is 10.3. The maximum absolute atomic E-state index is 6.04. The molecule has 0 aliphatic rings. The monoisotopic (exact) mass is 300 g/mol. The van der Waals surface area contributed by atoms with Gasteiger partial charge in [-0.25, -0.2) is 9.97 Å². The lowest BCUT2D eigenvalue weighted by molar-refractivity contribution is 0.616. The molecule has 0 fully saturated rings. The zero-order chi connectivity index (χ0) is 14.7.